The van der Waals surface area contributed by atoms with Crippen LogP contribution in [0.15, 0.2) is 16.3 Å². The lowest BCUT2D eigenvalue weighted by molar-refractivity contribution is 0.381. The molecule has 0 aliphatic carbocycles. The molecule has 0 rings (SSSR count). The van der Waals surface area contributed by atoms with Crippen LogP contribution in [0.4, 0.5) is 0 Å². The van der Waals surface area contributed by atoms with Gasteiger partial charge in [-0.15, -0.1) is 0 Å². The van der Waals surface area contributed by atoms with Crippen molar-refractivity contribution in [3.05, 3.63) is 11.3 Å². The molecule has 0 bridgehead atoms. The third-order valence-electron chi connectivity index (χ3n) is 2.66. The third kappa shape index (κ3) is 3.21. The number of allylic oxidation sites excluding steroid dienone is 2. The van der Waals surface area contributed by atoms with Gasteiger partial charge >= 0.3 is 0 Å². The number of hydrogen-bond donors (Lipinski definition) is 0. The van der Waals surface area contributed by atoms with E-state index in [0.717, 1.165) is 18.8 Å². The first-order valence-electron chi connectivity index (χ1n) is 4.94. The van der Waals surface area contributed by atoms with E-state index >= 15 is 0 Å². The zero-order valence-electron chi connectivity index (χ0n) is 9.81. The fraction of sp³-hybridized carbons (Fsp3) is 0.727. The van der Waals surface area contributed by atoms with Gasteiger partial charge in [0, 0.05) is 31.5 Å². The highest BCUT2D eigenvalue weighted by molar-refractivity contribution is 5.98. The predicted octanol–water partition coefficient (Wildman–Crippen LogP) is 2.71. The molecule has 0 amide bonds. The van der Waals surface area contributed by atoms with Crippen molar-refractivity contribution in [2.45, 2.75) is 34.6 Å². The maximum Gasteiger partial charge on any atom is 0.0360 e. The van der Waals surface area contributed by atoms with Crippen molar-refractivity contribution in [3.63, 3.8) is 0 Å². The smallest absolute Gasteiger partial charge is 0.0360 e. The van der Waals surface area contributed by atoms with Crippen LogP contribution in [-0.4, -0.2) is 30.7 Å². The highest BCUT2D eigenvalue weighted by Gasteiger charge is 2.05. The molecule has 0 N–H and O–H groups in total. The van der Waals surface area contributed by atoms with Crippen LogP contribution in [0.1, 0.15) is 34.6 Å². The van der Waals surface area contributed by atoms with Gasteiger partial charge < -0.3 is 4.90 Å². The molecule has 0 saturated carbocycles. The summed E-state index contributed by atoms with van der Waals surface area (Å²) in [5, 5.41) is 0. The summed E-state index contributed by atoms with van der Waals surface area (Å²) in [6.45, 7) is 12.8. The van der Waals surface area contributed by atoms with E-state index in [9.17, 15) is 0 Å². The van der Waals surface area contributed by atoms with Gasteiger partial charge in [0.05, 0.1) is 0 Å². The Morgan fingerprint density at radius 2 is 1.54 bits per heavy atom. The van der Waals surface area contributed by atoms with Crippen molar-refractivity contribution in [2.24, 2.45) is 4.99 Å². The van der Waals surface area contributed by atoms with Gasteiger partial charge in [0.1, 0.15) is 0 Å². The Labute approximate surface area is 82.4 Å². The minimum absolute atomic E-state index is 1.07. The van der Waals surface area contributed by atoms with Gasteiger partial charge in [-0.1, -0.05) is 0 Å². The largest absolute Gasteiger partial charge is 0.375 e. The number of rotatable bonds is 4. The molecule has 0 atom stereocenters. The molecule has 0 aliphatic heterocycles. The number of nitrogens with zero attached hydrogens (tertiary/aromatic N) is 2. The lowest BCUT2D eigenvalue weighted by Crippen LogP contribution is -2.22. The molecule has 0 unspecified atom stereocenters. The Morgan fingerprint density at radius 1 is 1.08 bits per heavy atom. The molecule has 0 radical (unpaired) electrons. The Kier molecular flexibility index (Phi) is 5.44. The van der Waals surface area contributed by atoms with E-state index in [4.69, 9.17) is 0 Å². The van der Waals surface area contributed by atoms with Gasteiger partial charge in [-0.05, 0) is 40.2 Å². The van der Waals surface area contributed by atoms with E-state index in [-0.39, 0.29) is 0 Å². The summed E-state index contributed by atoms with van der Waals surface area (Å²) in [5.74, 6) is 0. The summed E-state index contributed by atoms with van der Waals surface area (Å²) >= 11 is 0. The number of hydrogen-bond acceptors (Lipinski definition) is 2. The van der Waals surface area contributed by atoms with Crippen LogP contribution in [0.2, 0.25) is 0 Å². The van der Waals surface area contributed by atoms with Crippen molar-refractivity contribution in [1.29, 1.82) is 0 Å². The van der Waals surface area contributed by atoms with Crippen LogP contribution in [0.3, 0.4) is 0 Å². The van der Waals surface area contributed by atoms with E-state index in [2.05, 4.69) is 44.5 Å². The van der Waals surface area contributed by atoms with Crippen LogP contribution in [0.5, 0.6) is 0 Å². The maximum atomic E-state index is 4.19. The van der Waals surface area contributed by atoms with Gasteiger partial charge in [-0.3, -0.25) is 4.99 Å². The monoisotopic (exact) mass is 182 g/mol. The van der Waals surface area contributed by atoms with Crippen LogP contribution >= 0.6 is 0 Å². The lowest BCUT2D eigenvalue weighted by Gasteiger charge is -2.23. The van der Waals surface area contributed by atoms with Crippen LogP contribution in [0.25, 0.3) is 0 Å². The molecule has 2 nitrogen and oxygen atoms in total. The molecule has 76 valence electrons. The molecule has 0 saturated heterocycles. The van der Waals surface area contributed by atoms with Crippen LogP contribution in [-0.2, 0) is 0 Å². The first kappa shape index (κ1) is 12.2. The molecule has 0 aromatic rings. The van der Waals surface area contributed by atoms with Gasteiger partial charge in [0.15, 0.2) is 0 Å². The Morgan fingerprint density at radius 3 is 1.85 bits per heavy atom. The molecule has 0 aromatic heterocycles. The fourth-order valence-corrected chi connectivity index (χ4v) is 1.36. The van der Waals surface area contributed by atoms with Crippen molar-refractivity contribution in [2.75, 3.05) is 20.1 Å². The normalized spacial score (nSPS) is 14.2. The highest BCUT2D eigenvalue weighted by atomic mass is 15.1. The molecular weight excluding hydrogens is 160 g/mol. The van der Waals surface area contributed by atoms with E-state index in [1.54, 1.807) is 0 Å². The lowest BCUT2D eigenvalue weighted by atomic mass is 10.1. The van der Waals surface area contributed by atoms with Gasteiger partial charge in [-0.2, -0.15) is 0 Å². The minimum atomic E-state index is 1.07. The van der Waals surface area contributed by atoms with Crippen molar-refractivity contribution < 1.29 is 0 Å². The number of aliphatic imine (C=N–C) groups is 1. The standard InChI is InChI=1S/C11H22N2/c1-7-13(8-2)11(5)9(3)10(4)12-6/h7-8H2,1-6H3/b11-9+,12-10?. The van der Waals surface area contributed by atoms with E-state index in [1.807, 2.05) is 7.05 Å². The van der Waals surface area contributed by atoms with E-state index in [0.29, 0.717) is 0 Å². The van der Waals surface area contributed by atoms with Crippen molar-refractivity contribution in [1.82, 2.24) is 4.90 Å². The molecular formula is C11H22N2. The molecule has 0 aliphatic rings. The average molecular weight is 182 g/mol. The second kappa shape index (κ2) is 5.79. The predicted molar refractivity (Wildman–Crippen MR) is 60.3 cm³/mol. The Balaban J connectivity index is 4.78. The third-order valence-corrected chi connectivity index (χ3v) is 2.66. The SMILES string of the molecule is CCN(CC)/C(C)=C(\C)C(C)=NC. The van der Waals surface area contributed by atoms with E-state index < -0.39 is 0 Å². The second-order valence-corrected chi connectivity index (χ2v) is 3.19. The Bertz CT molecular complexity index is 210. The molecule has 0 spiro atoms. The van der Waals surface area contributed by atoms with Crippen molar-refractivity contribution in [3.8, 4) is 0 Å². The average Bonchev–Trinajstić information content (AvgIpc) is 2.17. The summed E-state index contributed by atoms with van der Waals surface area (Å²) in [5.41, 5.74) is 3.77. The summed E-state index contributed by atoms with van der Waals surface area (Å²) < 4.78 is 0. The summed E-state index contributed by atoms with van der Waals surface area (Å²) in [7, 11) is 1.84. The summed E-state index contributed by atoms with van der Waals surface area (Å²) in [6.07, 6.45) is 0. The summed E-state index contributed by atoms with van der Waals surface area (Å²) in [4.78, 5) is 6.54. The zero-order chi connectivity index (χ0) is 10.4. The fourth-order valence-electron chi connectivity index (χ4n) is 1.36. The summed E-state index contributed by atoms with van der Waals surface area (Å²) in [6, 6.07) is 0. The molecule has 2 heteroatoms. The van der Waals surface area contributed by atoms with Crippen LogP contribution < -0.4 is 0 Å². The maximum absolute atomic E-state index is 4.19. The van der Waals surface area contributed by atoms with Gasteiger partial charge in [0.2, 0.25) is 0 Å². The first-order chi connectivity index (χ1) is 6.08. The highest BCUT2D eigenvalue weighted by Crippen LogP contribution is 2.10. The minimum Gasteiger partial charge on any atom is -0.375 e. The molecule has 0 aromatic carbocycles. The quantitative estimate of drug-likeness (QED) is 0.610. The van der Waals surface area contributed by atoms with Gasteiger partial charge in [0.25, 0.3) is 0 Å². The first-order valence-corrected chi connectivity index (χ1v) is 4.94. The van der Waals surface area contributed by atoms with Gasteiger partial charge in [-0.25, -0.2) is 0 Å². The molecule has 0 fully saturated rings. The molecule has 13 heavy (non-hydrogen) atoms. The van der Waals surface area contributed by atoms with Crippen LogP contribution in [0, 0.1) is 0 Å². The molecule has 0 heterocycles. The zero-order valence-corrected chi connectivity index (χ0v) is 9.81. The Hall–Kier alpha value is -0.790. The van der Waals surface area contributed by atoms with E-state index in [1.165, 1.54) is 11.3 Å². The van der Waals surface area contributed by atoms with Crippen molar-refractivity contribution >= 4 is 5.71 Å². The second-order valence-electron chi connectivity index (χ2n) is 3.19. The topological polar surface area (TPSA) is 15.6 Å².